The summed E-state index contributed by atoms with van der Waals surface area (Å²) in [4.78, 5) is 15.1. The van der Waals surface area contributed by atoms with Gasteiger partial charge in [-0.05, 0) is 58.6 Å². The lowest BCUT2D eigenvalue weighted by atomic mass is 9.88. The largest absolute Gasteiger partial charge is 0.478 e. The van der Waals surface area contributed by atoms with Crippen LogP contribution in [-0.4, -0.2) is 60.7 Å². The maximum atomic E-state index is 10.9. The molecule has 1 fully saturated rings. The summed E-state index contributed by atoms with van der Waals surface area (Å²) < 4.78 is 11.9. The molecule has 208 valence electrons. The summed E-state index contributed by atoms with van der Waals surface area (Å²) in [6.07, 6.45) is -1.82. The highest BCUT2D eigenvalue weighted by Gasteiger charge is 2.48. The van der Waals surface area contributed by atoms with Gasteiger partial charge in [-0.2, -0.15) is 4.98 Å². The van der Waals surface area contributed by atoms with Crippen LogP contribution in [0.25, 0.3) is 22.3 Å². The number of aryl methyl sites for hydroxylation is 2. The van der Waals surface area contributed by atoms with Crippen LogP contribution in [0, 0.1) is 19.8 Å². The number of anilines is 2. The molecule has 0 spiro atoms. The minimum absolute atomic E-state index is 0.354. The quantitative estimate of drug-likeness (QED) is 0.204. The first-order chi connectivity index (χ1) is 18.5. The Bertz CT molecular complexity index is 1450. The Labute approximate surface area is 231 Å². The molecular weight excluding hydrogens is 518 g/mol. The van der Waals surface area contributed by atoms with Crippen molar-refractivity contribution in [1.82, 2.24) is 15.0 Å². The van der Waals surface area contributed by atoms with E-state index >= 15 is 0 Å². The number of aromatic nitrogens is 3. The lowest BCUT2D eigenvalue weighted by Gasteiger charge is -2.28. The minimum Gasteiger partial charge on any atom is -0.478 e. The van der Waals surface area contributed by atoms with Gasteiger partial charge in [0.1, 0.15) is 17.7 Å². The topological polar surface area (TPSA) is 146 Å². The molecule has 4 heterocycles. The van der Waals surface area contributed by atoms with Gasteiger partial charge in [0, 0.05) is 22.2 Å². The highest BCUT2D eigenvalue weighted by atomic mass is 32.1. The van der Waals surface area contributed by atoms with Gasteiger partial charge in [0.25, 0.3) is 0 Å². The van der Waals surface area contributed by atoms with E-state index in [9.17, 15) is 15.3 Å². The van der Waals surface area contributed by atoms with Gasteiger partial charge in [0.05, 0.1) is 47.8 Å². The van der Waals surface area contributed by atoms with Gasteiger partial charge in [0.2, 0.25) is 11.8 Å². The Morgan fingerprint density at radius 3 is 2.59 bits per heavy atom. The molecule has 5 rings (SSSR count). The number of thiophene rings is 1. The number of fused-ring (bicyclic) bond motifs is 1. The number of nitrogens with one attached hydrogen (secondary N) is 2. The van der Waals surface area contributed by atoms with E-state index in [1.165, 1.54) is 0 Å². The number of rotatable bonds is 9. The maximum absolute atomic E-state index is 10.9. The van der Waals surface area contributed by atoms with Crippen LogP contribution in [0.4, 0.5) is 11.8 Å². The van der Waals surface area contributed by atoms with Crippen molar-refractivity contribution in [2.75, 3.05) is 17.2 Å². The Morgan fingerprint density at radius 2 is 1.92 bits per heavy atom. The van der Waals surface area contributed by atoms with Crippen molar-refractivity contribution in [2.45, 2.75) is 71.4 Å². The number of nitrogens with zero attached hydrogens (tertiary/aromatic N) is 3. The first-order valence-electron chi connectivity index (χ1n) is 13.1. The number of aliphatic hydroxyl groups excluding tert-OH is 2. The molecule has 0 aromatic carbocycles. The van der Waals surface area contributed by atoms with Gasteiger partial charge >= 0.3 is 0 Å². The Balaban J connectivity index is 1.55. The number of hydrogen-bond acceptors (Lipinski definition) is 11. The second kappa shape index (κ2) is 10.7. The average Bonchev–Trinajstić information content (AvgIpc) is 3.59. The van der Waals surface area contributed by atoms with Gasteiger partial charge in [-0.3, -0.25) is 0 Å². The van der Waals surface area contributed by atoms with Crippen molar-refractivity contribution in [3.63, 3.8) is 0 Å². The van der Waals surface area contributed by atoms with Gasteiger partial charge in [0.15, 0.2) is 5.58 Å². The number of hydrogen-bond donors (Lipinski definition) is 5. The summed E-state index contributed by atoms with van der Waals surface area (Å²) in [5, 5.41) is 41.6. The monoisotopic (exact) mass is 553 g/mol. The summed E-state index contributed by atoms with van der Waals surface area (Å²) in [6, 6.07) is 7.22. The number of pyridine rings is 1. The van der Waals surface area contributed by atoms with Crippen LogP contribution in [0.5, 0.6) is 5.88 Å². The van der Waals surface area contributed by atoms with Crippen LogP contribution in [0.3, 0.4) is 0 Å². The molecule has 1 saturated carbocycles. The molecule has 5 N–H and O–H groups in total. The normalized spacial score (nSPS) is 21.4. The molecular formula is C28H35N5O5S. The smallest absolute Gasteiger partial charge is 0.225 e. The highest BCUT2D eigenvalue weighted by Crippen LogP contribution is 2.40. The van der Waals surface area contributed by atoms with Crippen molar-refractivity contribution in [2.24, 2.45) is 5.92 Å². The summed E-state index contributed by atoms with van der Waals surface area (Å²) in [6.45, 7) is 10.0. The van der Waals surface area contributed by atoms with Crippen LogP contribution < -0.4 is 15.4 Å². The van der Waals surface area contributed by atoms with E-state index in [-0.39, 0.29) is 0 Å². The molecule has 11 heteroatoms. The first-order valence-corrected chi connectivity index (χ1v) is 14.0. The van der Waals surface area contributed by atoms with E-state index < -0.39 is 29.8 Å². The molecule has 0 bridgehead atoms. The van der Waals surface area contributed by atoms with Crippen LogP contribution in [-0.2, 0) is 6.54 Å². The third-order valence-electron chi connectivity index (χ3n) is 7.19. The van der Waals surface area contributed by atoms with Crippen LogP contribution in [0.15, 0.2) is 34.1 Å². The fourth-order valence-electron chi connectivity index (χ4n) is 5.21. The molecule has 4 atom stereocenters. The van der Waals surface area contributed by atoms with E-state index in [4.69, 9.17) is 19.1 Å². The number of ether oxygens (including phenoxy) is 1. The Kier molecular flexibility index (Phi) is 7.51. The molecule has 0 unspecified atom stereocenters. The lowest BCUT2D eigenvalue weighted by Crippen LogP contribution is -2.40. The van der Waals surface area contributed by atoms with E-state index in [0.717, 1.165) is 10.3 Å². The standard InChI is InChI=1S/C28H35N5O5S/c1-6-37-21-11-16-10-20(38-25(16)15(3)30-21)22-14(2)31-27(29-13-17-8-7-9-39-17)33-26(22)32-19-12-18(28(4,5)36)23(34)24(19)35/h7-11,18-19,23-24,34-36H,6,12-13H2,1-5H3,(H2,29,31,32,33)/t18-,19+,23+,24-/m0/s1. The van der Waals surface area contributed by atoms with Gasteiger partial charge in [-0.1, -0.05) is 6.07 Å². The molecule has 0 radical (unpaired) electrons. The fourth-order valence-corrected chi connectivity index (χ4v) is 5.85. The summed E-state index contributed by atoms with van der Waals surface area (Å²) >= 11 is 1.64. The van der Waals surface area contributed by atoms with Gasteiger partial charge in [-0.25, -0.2) is 9.97 Å². The van der Waals surface area contributed by atoms with Crippen LogP contribution >= 0.6 is 11.3 Å². The Hall–Kier alpha value is -3.25. The molecule has 0 saturated heterocycles. The lowest BCUT2D eigenvalue weighted by molar-refractivity contribution is -0.0601. The molecule has 1 aliphatic carbocycles. The molecule has 4 aromatic heterocycles. The SMILES string of the molecule is CCOc1cc2cc(-c3c(C)nc(NCc4cccs4)nc3N[C@@H]3C[C@H](C(C)(C)O)[C@@H](O)[C@H]3O)oc2c(C)n1. The van der Waals surface area contributed by atoms with Crippen LogP contribution in [0.1, 0.15) is 43.5 Å². The molecule has 0 aliphatic heterocycles. The zero-order valence-electron chi connectivity index (χ0n) is 22.7. The van der Waals surface area contributed by atoms with Crippen molar-refractivity contribution in [3.05, 3.63) is 45.9 Å². The van der Waals surface area contributed by atoms with E-state index in [1.54, 1.807) is 25.2 Å². The summed E-state index contributed by atoms with van der Waals surface area (Å²) in [5.74, 6) is 1.44. The van der Waals surface area contributed by atoms with Crippen LogP contribution in [0.2, 0.25) is 0 Å². The van der Waals surface area contributed by atoms with E-state index in [1.807, 2.05) is 50.4 Å². The maximum Gasteiger partial charge on any atom is 0.225 e. The van der Waals surface area contributed by atoms with E-state index in [0.29, 0.717) is 65.5 Å². The minimum atomic E-state index is -1.16. The molecule has 0 amide bonds. The van der Waals surface area contributed by atoms with E-state index in [2.05, 4.69) is 15.6 Å². The van der Waals surface area contributed by atoms with Crippen molar-refractivity contribution in [3.8, 4) is 17.2 Å². The second-order valence-corrected chi connectivity index (χ2v) is 11.6. The van der Waals surface area contributed by atoms with Gasteiger partial charge < -0.3 is 35.1 Å². The molecule has 39 heavy (non-hydrogen) atoms. The highest BCUT2D eigenvalue weighted by molar-refractivity contribution is 7.09. The summed E-state index contributed by atoms with van der Waals surface area (Å²) in [5.41, 5.74) is 1.49. The third-order valence-corrected chi connectivity index (χ3v) is 8.06. The predicted molar refractivity (Wildman–Crippen MR) is 151 cm³/mol. The van der Waals surface area contributed by atoms with Gasteiger partial charge in [-0.15, -0.1) is 11.3 Å². The number of aliphatic hydroxyl groups is 3. The number of furan rings is 1. The summed E-state index contributed by atoms with van der Waals surface area (Å²) in [7, 11) is 0. The Morgan fingerprint density at radius 1 is 1.13 bits per heavy atom. The van der Waals surface area contributed by atoms with Crippen molar-refractivity contribution < 1.29 is 24.5 Å². The van der Waals surface area contributed by atoms with Crippen molar-refractivity contribution >= 4 is 34.1 Å². The van der Waals surface area contributed by atoms with Crippen molar-refractivity contribution in [1.29, 1.82) is 0 Å². The zero-order valence-corrected chi connectivity index (χ0v) is 23.5. The first kappa shape index (κ1) is 27.3. The molecule has 10 nitrogen and oxygen atoms in total. The fraction of sp³-hybridized carbons (Fsp3) is 0.464. The second-order valence-electron chi connectivity index (χ2n) is 10.5. The predicted octanol–water partition coefficient (Wildman–Crippen LogP) is 4.27. The average molecular weight is 554 g/mol. The molecule has 4 aromatic rings. The molecule has 1 aliphatic rings. The third kappa shape index (κ3) is 5.58. The zero-order chi connectivity index (χ0) is 27.9.